The van der Waals surface area contributed by atoms with Crippen molar-refractivity contribution in [3.8, 4) is 0 Å². The molecule has 0 aromatic carbocycles. The number of piperidine rings is 1. The summed E-state index contributed by atoms with van der Waals surface area (Å²) in [5, 5.41) is 16.4. The van der Waals surface area contributed by atoms with Crippen molar-refractivity contribution in [1.82, 2.24) is 20.2 Å². The molecule has 1 saturated heterocycles. The third-order valence-electron chi connectivity index (χ3n) is 5.37. The highest BCUT2D eigenvalue weighted by molar-refractivity contribution is 7.09. The lowest BCUT2D eigenvalue weighted by molar-refractivity contribution is 0.0345. The van der Waals surface area contributed by atoms with Crippen LogP contribution in [0.15, 0.2) is 16.2 Å². The number of amides is 1. The summed E-state index contributed by atoms with van der Waals surface area (Å²) in [6.07, 6.45) is 2.73. The predicted octanol–water partition coefficient (Wildman–Crippen LogP) is 0.994. The Balaban J connectivity index is 1.38. The summed E-state index contributed by atoms with van der Waals surface area (Å²) in [7, 11) is 0. The van der Waals surface area contributed by atoms with E-state index in [0.29, 0.717) is 19.5 Å². The van der Waals surface area contributed by atoms with Crippen molar-refractivity contribution in [3.05, 3.63) is 49.3 Å². The number of rotatable bonds is 4. The second-order valence-corrected chi connectivity index (χ2v) is 8.46. The average Bonchev–Trinajstić information content (AvgIpc) is 3.24. The Bertz CT molecular complexity index is 907. The largest absolute Gasteiger partial charge is 0.390 e. The highest BCUT2D eigenvalue weighted by Gasteiger charge is 2.30. The highest BCUT2D eigenvalue weighted by atomic mass is 32.1. The normalized spacial score (nSPS) is 22.6. The van der Waals surface area contributed by atoms with Crippen LogP contribution in [0.3, 0.4) is 0 Å². The number of H-pyrrole nitrogens is 1. The Hall–Kier alpha value is -2.03. The van der Waals surface area contributed by atoms with E-state index in [0.717, 1.165) is 47.8 Å². The Kier molecular flexibility index (Phi) is 5.12. The number of aromatic amines is 1. The lowest BCUT2D eigenvalue weighted by Gasteiger charge is -2.35. The molecule has 4 rings (SSSR count). The number of carbonyl (C=O) groups excluding carboxylic acids is 1. The molecule has 2 atom stereocenters. The molecule has 3 heterocycles. The van der Waals surface area contributed by atoms with Crippen LogP contribution in [0, 0.1) is 6.92 Å². The average molecular weight is 388 g/mol. The van der Waals surface area contributed by atoms with E-state index in [9.17, 15) is 14.7 Å². The number of aliphatic hydroxyl groups is 1. The summed E-state index contributed by atoms with van der Waals surface area (Å²) < 4.78 is 0. The van der Waals surface area contributed by atoms with Gasteiger partial charge in [-0.1, -0.05) is 0 Å². The highest BCUT2D eigenvalue weighted by Crippen LogP contribution is 2.20. The minimum Gasteiger partial charge on any atom is -0.390 e. The van der Waals surface area contributed by atoms with Gasteiger partial charge < -0.3 is 15.4 Å². The summed E-state index contributed by atoms with van der Waals surface area (Å²) in [6.45, 7) is 3.92. The van der Waals surface area contributed by atoms with Crippen molar-refractivity contribution in [3.63, 3.8) is 0 Å². The number of nitrogens with one attached hydrogen (secondary N) is 2. The van der Waals surface area contributed by atoms with E-state index in [1.807, 2.05) is 12.3 Å². The van der Waals surface area contributed by atoms with Gasteiger partial charge in [0.25, 0.3) is 11.5 Å². The Morgan fingerprint density at radius 3 is 3.07 bits per heavy atom. The van der Waals surface area contributed by atoms with E-state index in [2.05, 4.69) is 20.2 Å². The summed E-state index contributed by atoms with van der Waals surface area (Å²) in [6, 6.07) is 1.36. The molecule has 7 nitrogen and oxygen atoms in total. The topological polar surface area (TPSA) is 98.3 Å². The van der Waals surface area contributed by atoms with Gasteiger partial charge in [0.05, 0.1) is 22.8 Å². The van der Waals surface area contributed by atoms with Crippen LogP contribution < -0.4 is 10.9 Å². The molecule has 1 aliphatic heterocycles. The molecule has 144 valence electrons. The molecular formula is C19H24N4O3S. The third kappa shape index (κ3) is 3.97. The molecule has 27 heavy (non-hydrogen) atoms. The maximum Gasteiger partial charge on any atom is 0.261 e. The van der Waals surface area contributed by atoms with Gasteiger partial charge in [0.1, 0.15) is 5.56 Å². The maximum absolute atomic E-state index is 12.6. The number of aryl methyl sites for hydroxylation is 3. The number of fused-ring (bicyclic) bond motifs is 1. The first-order valence-corrected chi connectivity index (χ1v) is 10.2. The quantitative estimate of drug-likeness (QED) is 0.726. The predicted molar refractivity (Wildman–Crippen MR) is 103 cm³/mol. The summed E-state index contributed by atoms with van der Waals surface area (Å²) in [5.74, 6) is -0.404. The van der Waals surface area contributed by atoms with Crippen molar-refractivity contribution >= 4 is 17.2 Å². The molecule has 0 saturated carbocycles. The summed E-state index contributed by atoms with van der Waals surface area (Å²) in [4.78, 5) is 34.2. The number of aliphatic hydroxyl groups excluding tert-OH is 1. The van der Waals surface area contributed by atoms with E-state index in [1.165, 1.54) is 0 Å². The number of aromatic nitrogens is 2. The molecule has 0 unspecified atom stereocenters. The van der Waals surface area contributed by atoms with Crippen LogP contribution in [0.1, 0.15) is 45.2 Å². The first kappa shape index (κ1) is 18.3. The SMILES string of the molecule is Cc1nc(CN2CC[C@@H](NC(=O)c3cc4c([nH]c3=O)CCC4)[C@H](O)C2)cs1. The van der Waals surface area contributed by atoms with Crippen LogP contribution in [-0.4, -0.2) is 51.1 Å². The van der Waals surface area contributed by atoms with Gasteiger partial charge in [-0.15, -0.1) is 11.3 Å². The van der Waals surface area contributed by atoms with Gasteiger partial charge in [0.2, 0.25) is 0 Å². The number of likely N-dealkylation sites (tertiary alicyclic amines) is 1. The fourth-order valence-corrected chi connectivity index (χ4v) is 4.55. The van der Waals surface area contributed by atoms with E-state index in [-0.39, 0.29) is 17.2 Å². The molecular weight excluding hydrogens is 364 g/mol. The van der Waals surface area contributed by atoms with Crippen LogP contribution in [0.2, 0.25) is 0 Å². The lowest BCUT2D eigenvalue weighted by Crippen LogP contribution is -2.54. The minimum absolute atomic E-state index is 0.142. The van der Waals surface area contributed by atoms with E-state index >= 15 is 0 Å². The molecule has 0 spiro atoms. The van der Waals surface area contributed by atoms with Gasteiger partial charge >= 0.3 is 0 Å². The smallest absolute Gasteiger partial charge is 0.261 e. The van der Waals surface area contributed by atoms with Crippen molar-refractivity contribution in [2.45, 2.75) is 51.3 Å². The van der Waals surface area contributed by atoms with Crippen molar-refractivity contribution < 1.29 is 9.90 Å². The van der Waals surface area contributed by atoms with Crippen LogP contribution in [0.5, 0.6) is 0 Å². The van der Waals surface area contributed by atoms with E-state index < -0.39 is 12.0 Å². The zero-order chi connectivity index (χ0) is 19.0. The second-order valence-electron chi connectivity index (χ2n) is 7.40. The lowest BCUT2D eigenvalue weighted by atomic mass is 10.0. The number of hydrogen-bond acceptors (Lipinski definition) is 6. The van der Waals surface area contributed by atoms with E-state index in [1.54, 1.807) is 17.4 Å². The fourth-order valence-electron chi connectivity index (χ4n) is 3.95. The molecule has 0 bridgehead atoms. The molecule has 0 radical (unpaired) electrons. The molecule has 8 heteroatoms. The van der Waals surface area contributed by atoms with Crippen LogP contribution in [0.25, 0.3) is 0 Å². The number of thiazole rings is 1. The number of carbonyl (C=O) groups is 1. The number of hydrogen-bond donors (Lipinski definition) is 3. The molecule has 1 fully saturated rings. The Morgan fingerprint density at radius 1 is 1.48 bits per heavy atom. The molecule has 1 aliphatic carbocycles. The van der Waals surface area contributed by atoms with Gasteiger partial charge in [-0.25, -0.2) is 4.98 Å². The third-order valence-corrected chi connectivity index (χ3v) is 6.19. The van der Waals surface area contributed by atoms with Crippen LogP contribution in [-0.2, 0) is 19.4 Å². The van der Waals surface area contributed by atoms with Crippen molar-refractivity contribution in [1.29, 1.82) is 0 Å². The molecule has 1 amide bonds. The van der Waals surface area contributed by atoms with Gasteiger partial charge in [0, 0.05) is 30.7 Å². The van der Waals surface area contributed by atoms with Crippen LogP contribution in [0.4, 0.5) is 0 Å². The Morgan fingerprint density at radius 2 is 2.33 bits per heavy atom. The second kappa shape index (κ2) is 7.53. The number of β-amino-alcohol motifs (C(OH)–C–C–N with tert-alkyl or cyclic N) is 1. The Labute approximate surface area is 161 Å². The zero-order valence-corrected chi connectivity index (χ0v) is 16.1. The number of pyridine rings is 1. The maximum atomic E-state index is 12.6. The standard InChI is InChI=1S/C19H24N4O3S/c1-11-20-13(10-27-11)8-23-6-5-16(17(24)9-23)22-19(26)14-7-12-3-2-4-15(12)21-18(14)25/h7,10,16-17,24H,2-6,8-9H2,1H3,(H,21,25)(H,22,26)/t16-,17-/m1/s1. The zero-order valence-electron chi connectivity index (χ0n) is 15.3. The molecule has 2 aliphatic rings. The first-order valence-electron chi connectivity index (χ1n) is 9.37. The van der Waals surface area contributed by atoms with Crippen LogP contribution >= 0.6 is 11.3 Å². The van der Waals surface area contributed by atoms with Gasteiger partial charge in [-0.05, 0) is 44.2 Å². The van der Waals surface area contributed by atoms with Crippen molar-refractivity contribution in [2.75, 3.05) is 13.1 Å². The monoisotopic (exact) mass is 388 g/mol. The van der Waals surface area contributed by atoms with Crippen molar-refractivity contribution in [2.24, 2.45) is 0 Å². The molecule has 2 aromatic rings. The summed E-state index contributed by atoms with van der Waals surface area (Å²) >= 11 is 1.62. The number of nitrogens with zero attached hydrogens (tertiary/aromatic N) is 2. The minimum atomic E-state index is -0.670. The van der Waals surface area contributed by atoms with Gasteiger partial charge in [-0.2, -0.15) is 0 Å². The fraction of sp³-hybridized carbons (Fsp3) is 0.526. The molecule has 3 N–H and O–H groups in total. The summed E-state index contributed by atoms with van der Waals surface area (Å²) in [5.41, 5.74) is 2.80. The van der Waals surface area contributed by atoms with Gasteiger partial charge in [-0.3, -0.25) is 14.5 Å². The first-order chi connectivity index (χ1) is 13.0. The van der Waals surface area contributed by atoms with Gasteiger partial charge in [0.15, 0.2) is 0 Å². The molecule has 2 aromatic heterocycles. The van der Waals surface area contributed by atoms with E-state index in [4.69, 9.17) is 0 Å².